The molecule has 3 heteroatoms. The lowest BCUT2D eigenvalue weighted by atomic mass is 9.99. The fraction of sp³-hybridized carbons (Fsp3) is 0.286. The van der Waals surface area contributed by atoms with Crippen molar-refractivity contribution in [3.63, 3.8) is 0 Å². The van der Waals surface area contributed by atoms with Crippen LogP contribution in [0.3, 0.4) is 0 Å². The van der Waals surface area contributed by atoms with Gasteiger partial charge in [-0.1, -0.05) is 50.3 Å². The van der Waals surface area contributed by atoms with E-state index in [1.807, 2.05) is 6.20 Å². The topological polar surface area (TPSA) is 28.7 Å². The summed E-state index contributed by atoms with van der Waals surface area (Å²) >= 11 is 5.27. The molecule has 0 amide bonds. The van der Waals surface area contributed by atoms with Gasteiger partial charge < -0.3 is 4.98 Å². The van der Waals surface area contributed by atoms with Crippen molar-refractivity contribution >= 4 is 12.2 Å². The van der Waals surface area contributed by atoms with Crippen LogP contribution in [-0.2, 0) is 6.42 Å². The molecule has 2 rings (SSSR count). The van der Waals surface area contributed by atoms with Gasteiger partial charge in [0.25, 0.3) is 0 Å². The minimum Gasteiger partial charge on any atom is -0.337 e. The molecular formula is C14H16N2S. The molecule has 1 aromatic carbocycles. The third-order valence-corrected chi connectivity index (χ3v) is 2.94. The number of aromatic amines is 1. The predicted molar refractivity (Wildman–Crippen MR) is 73.4 cm³/mol. The Hall–Kier alpha value is -1.48. The molecule has 0 bridgehead atoms. The van der Waals surface area contributed by atoms with Crippen molar-refractivity contribution in [3.05, 3.63) is 47.0 Å². The fourth-order valence-corrected chi connectivity index (χ4v) is 2.11. The van der Waals surface area contributed by atoms with Gasteiger partial charge in [0.1, 0.15) is 4.64 Å². The van der Waals surface area contributed by atoms with Crippen molar-refractivity contribution in [1.29, 1.82) is 0 Å². The third-order valence-electron chi connectivity index (χ3n) is 2.60. The lowest BCUT2D eigenvalue weighted by Gasteiger charge is -2.07. The lowest BCUT2D eigenvalue weighted by molar-refractivity contribution is 0.647. The van der Waals surface area contributed by atoms with Crippen molar-refractivity contribution in [2.24, 2.45) is 5.92 Å². The minimum absolute atomic E-state index is 0.661. The van der Waals surface area contributed by atoms with Crippen molar-refractivity contribution in [1.82, 2.24) is 9.97 Å². The lowest BCUT2D eigenvalue weighted by Crippen LogP contribution is -1.94. The van der Waals surface area contributed by atoms with Crippen LogP contribution in [0, 0.1) is 10.6 Å². The summed E-state index contributed by atoms with van der Waals surface area (Å²) in [5.74, 6) is 0.661. The van der Waals surface area contributed by atoms with Gasteiger partial charge in [0.05, 0.1) is 6.33 Å². The Labute approximate surface area is 107 Å². The standard InChI is InChI=1S/C14H16N2S/c1-10(2)6-11-4-3-5-12(7-11)13-8-15-9-16-14(13)17/h3-5,7-10H,6H2,1-2H3,(H,15,16,17). The van der Waals surface area contributed by atoms with E-state index < -0.39 is 0 Å². The summed E-state index contributed by atoms with van der Waals surface area (Å²) in [7, 11) is 0. The van der Waals surface area contributed by atoms with Gasteiger partial charge in [0.2, 0.25) is 0 Å². The van der Waals surface area contributed by atoms with E-state index in [4.69, 9.17) is 12.2 Å². The molecule has 0 aliphatic heterocycles. The molecule has 1 heterocycles. The summed E-state index contributed by atoms with van der Waals surface area (Å²) < 4.78 is 0.738. The molecule has 0 saturated carbocycles. The molecule has 88 valence electrons. The average Bonchev–Trinajstić information content (AvgIpc) is 2.29. The second kappa shape index (κ2) is 5.23. The summed E-state index contributed by atoms with van der Waals surface area (Å²) in [6.07, 6.45) is 4.52. The van der Waals surface area contributed by atoms with Crippen LogP contribution >= 0.6 is 12.2 Å². The Kier molecular flexibility index (Phi) is 3.69. The smallest absolute Gasteiger partial charge is 0.113 e. The highest BCUT2D eigenvalue weighted by Gasteiger charge is 2.03. The first-order chi connectivity index (χ1) is 8.16. The Bertz CT molecular complexity index is 558. The van der Waals surface area contributed by atoms with Gasteiger partial charge in [-0.05, 0) is 23.5 Å². The molecule has 0 radical (unpaired) electrons. The van der Waals surface area contributed by atoms with Crippen LogP contribution in [0.4, 0.5) is 0 Å². The molecule has 0 saturated heterocycles. The van der Waals surface area contributed by atoms with Gasteiger partial charge >= 0.3 is 0 Å². The van der Waals surface area contributed by atoms with Crippen LogP contribution in [0.25, 0.3) is 11.1 Å². The number of H-pyrrole nitrogens is 1. The number of aromatic nitrogens is 2. The van der Waals surface area contributed by atoms with Gasteiger partial charge in [-0.25, -0.2) is 4.98 Å². The third kappa shape index (κ3) is 3.01. The Balaban J connectivity index is 2.40. The van der Waals surface area contributed by atoms with Gasteiger partial charge in [-0.15, -0.1) is 0 Å². The Morgan fingerprint density at radius 1 is 1.35 bits per heavy atom. The van der Waals surface area contributed by atoms with E-state index in [0.29, 0.717) is 5.92 Å². The van der Waals surface area contributed by atoms with Gasteiger partial charge in [0.15, 0.2) is 0 Å². The predicted octanol–water partition coefficient (Wildman–Crippen LogP) is 4.00. The number of hydrogen-bond donors (Lipinski definition) is 1. The zero-order valence-corrected chi connectivity index (χ0v) is 10.9. The van der Waals surface area contributed by atoms with Crippen molar-refractivity contribution in [2.75, 3.05) is 0 Å². The summed E-state index contributed by atoms with van der Waals surface area (Å²) in [4.78, 5) is 7.05. The SMILES string of the molecule is CC(C)Cc1cccc(-c2cnc[nH]c2=S)c1. The summed E-state index contributed by atoms with van der Waals surface area (Å²) in [5, 5.41) is 0. The number of benzene rings is 1. The number of nitrogens with zero attached hydrogens (tertiary/aromatic N) is 1. The largest absolute Gasteiger partial charge is 0.337 e. The Morgan fingerprint density at radius 3 is 2.88 bits per heavy atom. The van der Waals surface area contributed by atoms with E-state index in [1.54, 1.807) is 6.33 Å². The number of hydrogen-bond acceptors (Lipinski definition) is 2. The zero-order valence-electron chi connectivity index (χ0n) is 10.1. The van der Waals surface area contributed by atoms with Crippen LogP contribution in [0.15, 0.2) is 36.8 Å². The molecular weight excluding hydrogens is 228 g/mol. The molecule has 2 nitrogen and oxygen atoms in total. The number of rotatable bonds is 3. The van der Waals surface area contributed by atoms with E-state index in [9.17, 15) is 0 Å². The summed E-state index contributed by atoms with van der Waals surface area (Å²) in [6, 6.07) is 8.51. The highest BCUT2D eigenvalue weighted by Crippen LogP contribution is 2.21. The molecule has 17 heavy (non-hydrogen) atoms. The van der Waals surface area contributed by atoms with Crippen LogP contribution < -0.4 is 0 Å². The van der Waals surface area contributed by atoms with E-state index in [0.717, 1.165) is 22.2 Å². The zero-order chi connectivity index (χ0) is 12.3. The molecule has 2 aromatic rings. The molecule has 0 aliphatic carbocycles. The van der Waals surface area contributed by atoms with E-state index in [2.05, 4.69) is 48.1 Å². The molecule has 0 fully saturated rings. The van der Waals surface area contributed by atoms with Crippen LogP contribution in [-0.4, -0.2) is 9.97 Å². The van der Waals surface area contributed by atoms with Crippen LogP contribution in [0.2, 0.25) is 0 Å². The molecule has 1 N–H and O–H groups in total. The highest BCUT2D eigenvalue weighted by molar-refractivity contribution is 7.71. The van der Waals surface area contributed by atoms with Crippen molar-refractivity contribution in [3.8, 4) is 11.1 Å². The van der Waals surface area contributed by atoms with Gasteiger partial charge in [0, 0.05) is 11.8 Å². The second-order valence-electron chi connectivity index (χ2n) is 4.59. The first kappa shape index (κ1) is 12.0. The Morgan fingerprint density at radius 2 is 2.18 bits per heavy atom. The fourth-order valence-electron chi connectivity index (χ4n) is 1.89. The normalized spacial score (nSPS) is 10.8. The van der Waals surface area contributed by atoms with Crippen LogP contribution in [0.5, 0.6) is 0 Å². The van der Waals surface area contributed by atoms with E-state index in [-0.39, 0.29) is 0 Å². The molecule has 0 atom stereocenters. The van der Waals surface area contributed by atoms with Gasteiger partial charge in [-0.3, -0.25) is 0 Å². The monoisotopic (exact) mass is 244 g/mol. The minimum atomic E-state index is 0.661. The average molecular weight is 244 g/mol. The second-order valence-corrected chi connectivity index (χ2v) is 5.00. The van der Waals surface area contributed by atoms with E-state index >= 15 is 0 Å². The van der Waals surface area contributed by atoms with Crippen molar-refractivity contribution in [2.45, 2.75) is 20.3 Å². The maximum atomic E-state index is 5.27. The quantitative estimate of drug-likeness (QED) is 0.827. The van der Waals surface area contributed by atoms with Crippen LogP contribution in [0.1, 0.15) is 19.4 Å². The molecule has 1 aromatic heterocycles. The molecule has 0 aliphatic rings. The summed E-state index contributed by atoms with van der Waals surface area (Å²) in [6.45, 7) is 4.45. The maximum Gasteiger partial charge on any atom is 0.113 e. The first-order valence-electron chi connectivity index (χ1n) is 5.79. The van der Waals surface area contributed by atoms with Crippen molar-refractivity contribution < 1.29 is 0 Å². The maximum absolute atomic E-state index is 5.27. The molecule has 0 spiro atoms. The molecule has 0 unspecified atom stereocenters. The number of nitrogens with one attached hydrogen (secondary N) is 1. The highest BCUT2D eigenvalue weighted by atomic mass is 32.1. The summed E-state index contributed by atoms with van der Waals surface area (Å²) in [5.41, 5.74) is 3.47. The van der Waals surface area contributed by atoms with Gasteiger partial charge in [-0.2, -0.15) is 0 Å². The first-order valence-corrected chi connectivity index (χ1v) is 6.19. The van der Waals surface area contributed by atoms with E-state index in [1.165, 1.54) is 5.56 Å².